The van der Waals surface area contributed by atoms with E-state index in [0.717, 1.165) is 17.2 Å². The lowest BCUT2D eigenvalue weighted by Crippen LogP contribution is -2.02. The highest BCUT2D eigenvalue weighted by molar-refractivity contribution is 5.41. The second-order valence-electron chi connectivity index (χ2n) is 2.86. The molecule has 0 bridgehead atoms. The van der Waals surface area contributed by atoms with Crippen molar-refractivity contribution in [2.24, 2.45) is 0 Å². The van der Waals surface area contributed by atoms with Gasteiger partial charge in [-0.15, -0.1) is 0 Å². The van der Waals surface area contributed by atoms with Crippen LogP contribution in [0.1, 0.15) is 6.92 Å². The number of hydrogen-bond acceptors (Lipinski definition) is 3. The summed E-state index contributed by atoms with van der Waals surface area (Å²) in [5, 5.41) is 0. The van der Waals surface area contributed by atoms with Gasteiger partial charge in [-0.2, -0.15) is 0 Å². The summed E-state index contributed by atoms with van der Waals surface area (Å²) in [6.07, 6.45) is 1.87. The zero-order chi connectivity index (χ0) is 10.4. The minimum absolute atomic E-state index is 0.473. The largest absolute Gasteiger partial charge is 0.460 e. The first kappa shape index (κ1) is 10.6. The molecule has 3 heteroatoms. The van der Waals surface area contributed by atoms with Crippen molar-refractivity contribution in [3.8, 4) is 5.75 Å². The number of rotatable bonds is 4. The van der Waals surface area contributed by atoms with Gasteiger partial charge in [0.15, 0.2) is 0 Å². The van der Waals surface area contributed by atoms with E-state index in [4.69, 9.17) is 15.2 Å². The number of benzene rings is 1. The van der Waals surface area contributed by atoms with Crippen LogP contribution in [0.5, 0.6) is 5.75 Å². The predicted octanol–water partition coefficient (Wildman–Crippen LogP) is 2.20. The molecule has 0 saturated heterocycles. The Morgan fingerprint density at radius 1 is 1.36 bits per heavy atom. The van der Waals surface area contributed by atoms with Crippen LogP contribution in [0.4, 0.5) is 5.69 Å². The second-order valence-corrected chi connectivity index (χ2v) is 2.86. The monoisotopic (exact) mass is 193 g/mol. The number of allylic oxidation sites excluding steroid dienone is 1. The number of nitrogen functional groups attached to an aromatic ring is 1. The molecular formula is C11H15NO2. The molecule has 1 rings (SSSR count). The number of anilines is 1. The fourth-order valence-corrected chi connectivity index (χ4v) is 1.00. The van der Waals surface area contributed by atoms with Crippen molar-refractivity contribution in [2.45, 2.75) is 6.92 Å². The molecule has 0 atom stereocenters. The van der Waals surface area contributed by atoms with Crippen LogP contribution in [-0.4, -0.2) is 13.7 Å². The molecule has 0 aliphatic carbocycles. The molecule has 1 aromatic rings. The maximum absolute atomic E-state index is 5.55. The van der Waals surface area contributed by atoms with Crippen molar-refractivity contribution in [1.29, 1.82) is 0 Å². The smallest absolute Gasteiger partial charge is 0.127 e. The molecule has 2 N–H and O–H groups in total. The van der Waals surface area contributed by atoms with E-state index >= 15 is 0 Å². The van der Waals surface area contributed by atoms with Crippen molar-refractivity contribution in [3.05, 3.63) is 36.1 Å². The van der Waals surface area contributed by atoms with E-state index < -0.39 is 0 Å². The maximum atomic E-state index is 5.55. The van der Waals surface area contributed by atoms with Gasteiger partial charge in [0.05, 0.1) is 0 Å². The van der Waals surface area contributed by atoms with E-state index in [-0.39, 0.29) is 0 Å². The molecule has 14 heavy (non-hydrogen) atoms. The van der Waals surface area contributed by atoms with Crippen molar-refractivity contribution in [1.82, 2.24) is 0 Å². The Hall–Kier alpha value is -1.48. The highest BCUT2D eigenvalue weighted by atomic mass is 16.5. The van der Waals surface area contributed by atoms with Gasteiger partial charge >= 0.3 is 0 Å². The van der Waals surface area contributed by atoms with Crippen LogP contribution in [0.3, 0.4) is 0 Å². The molecule has 0 fully saturated rings. The van der Waals surface area contributed by atoms with Gasteiger partial charge < -0.3 is 15.2 Å². The van der Waals surface area contributed by atoms with Gasteiger partial charge in [0.1, 0.15) is 18.1 Å². The normalized spacial score (nSPS) is 11.4. The lowest BCUT2D eigenvalue weighted by atomic mass is 10.3. The quantitative estimate of drug-likeness (QED) is 0.589. The SMILES string of the molecule is C/C=C(/COC)Oc1ccc(N)cc1. The van der Waals surface area contributed by atoms with Gasteiger partial charge in [0, 0.05) is 12.8 Å². The minimum atomic E-state index is 0.473. The average molecular weight is 193 g/mol. The molecule has 0 aliphatic heterocycles. The Morgan fingerprint density at radius 2 is 2.00 bits per heavy atom. The Bertz CT molecular complexity index is 304. The molecule has 0 saturated carbocycles. The summed E-state index contributed by atoms with van der Waals surface area (Å²) < 4.78 is 10.5. The van der Waals surface area contributed by atoms with Gasteiger partial charge in [-0.3, -0.25) is 0 Å². The van der Waals surface area contributed by atoms with Gasteiger partial charge in [0.25, 0.3) is 0 Å². The molecular weight excluding hydrogens is 178 g/mol. The zero-order valence-corrected chi connectivity index (χ0v) is 8.49. The van der Waals surface area contributed by atoms with E-state index in [1.54, 1.807) is 19.2 Å². The van der Waals surface area contributed by atoms with Crippen molar-refractivity contribution in [3.63, 3.8) is 0 Å². The van der Waals surface area contributed by atoms with Crippen LogP contribution in [0, 0.1) is 0 Å². The first-order valence-corrected chi connectivity index (χ1v) is 4.43. The summed E-state index contributed by atoms with van der Waals surface area (Å²) in [5.74, 6) is 1.56. The fraction of sp³-hybridized carbons (Fsp3) is 0.273. The number of nitrogens with two attached hydrogens (primary N) is 1. The molecule has 76 valence electrons. The van der Waals surface area contributed by atoms with Crippen molar-refractivity contribution < 1.29 is 9.47 Å². The molecule has 0 radical (unpaired) electrons. The minimum Gasteiger partial charge on any atom is -0.460 e. The molecule has 0 amide bonds. The fourth-order valence-electron chi connectivity index (χ4n) is 1.00. The first-order valence-electron chi connectivity index (χ1n) is 4.43. The highest BCUT2D eigenvalue weighted by Gasteiger charge is 1.98. The molecule has 0 unspecified atom stereocenters. The molecule has 0 spiro atoms. The molecule has 1 aromatic carbocycles. The van der Waals surface area contributed by atoms with E-state index in [1.807, 2.05) is 25.1 Å². The molecule has 3 nitrogen and oxygen atoms in total. The maximum Gasteiger partial charge on any atom is 0.127 e. The summed E-state index contributed by atoms with van der Waals surface area (Å²) in [4.78, 5) is 0. The lowest BCUT2D eigenvalue weighted by molar-refractivity contribution is 0.189. The van der Waals surface area contributed by atoms with Gasteiger partial charge in [-0.1, -0.05) is 0 Å². The summed E-state index contributed by atoms with van der Waals surface area (Å²) in [6, 6.07) is 7.26. The molecule has 0 aliphatic rings. The Kier molecular flexibility index (Phi) is 4.01. The third-order valence-corrected chi connectivity index (χ3v) is 1.74. The molecule has 0 aromatic heterocycles. The van der Waals surface area contributed by atoms with Gasteiger partial charge in [-0.25, -0.2) is 0 Å². The third kappa shape index (κ3) is 3.11. The standard InChI is InChI=1S/C11H15NO2/c1-3-10(8-13-2)14-11-6-4-9(12)5-7-11/h3-7H,8,12H2,1-2H3/b10-3-. The summed E-state index contributed by atoms with van der Waals surface area (Å²) in [5.41, 5.74) is 6.28. The third-order valence-electron chi connectivity index (χ3n) is 1.74. The summed E-state index contributed by atoms with van der Waals surface area (Å²) in [7, 11) is 1.63. The van der Waals surface area contributed by atoms with Crippen LogP contribution in [-0.2, 0) is 4.74 Å². The van der Waals surface area contributed by atoms with Crippen LogP contribution in [0.2, 0.25) is 0 Å². The predicted molar refractivity (Wildman–Crippen MR) is 57.1 cm³/mol. The summed E-state index contributed by atoms with van der Waals surface area (Å²) >= 11 is 0. The number of hydrogen-bond donors (Lipinski definition) is 1. The van der Waals surface area contributed by atoms with Gasteiger partial charge in [-0.05, 0) is 37.3 Å². The first-order chi connectivity index (χ1) is 6.76. The van der Waals surface area contributed by atoms with Crippen LogP contribution in [0.25, 0.3) is 0 Å². The Labute approximate surface area is 84.1 Å². The zero-order valence-electron chi connectivity index (χ0n) is 8.49. The number of methoxy groups -OCH3 is 1. The van der Waals surface area contributed by atoms with Gasteiger partial charge in [0.2, 0.25) is 0 Å². The lowest BCUT2D eigenvalue weighted by Gasteiger charge is -2.08. The van der Waals surface area contributed by atoms with E-state index in [9.17, 15) is 0 Å². The van der Waals surface area contributed by atoms with E-state index in [2.05, 4.69) is 0 Å². The van der Waals surface area contributed by atoms with E-state index in [0.29, 0.717) is 6.61 Å². The second kappa shape index (κ2) is 5.29. The van der Waals surface area contributed by atoms with Crippen LogP contribution >= 0.6 is 0 Å². The average Bonchev–Trinajstić information content (AvgIpc) is 2.20. The summed E-state index contributed by atoms with van der Waals surface area (Å²) in [6.45, 7) is 2.38. The van der Waals surface area contributed by atoms with E-state index in [1.165, 1.54) is 0 Å². The van der Waals surface area contributed by atoms with Crippen LogP contribution in [0.15, 0.2) is 36.1 Å². The van der Waals surface area contributed by atoms with Crippen LogP contribution < -0.4 is 10.5 Å². The highest BCUT2D eigenvalue weighted by Crippen LogP contribution is 2.15. The van der Waals surface area contributed by atoms with Crippen molar-refractivity contribution >= 4 is 5.69 Å². The Morgan fingerprint density at radius 3 is 2.50 bits per heavy atom. The molecule has 0 heterocycles. The Balaban J connectivity index is 2.63. The topological polar surface area (TPSA) is 44.5 Å². The number of ether oxygens (including phenoxy) is 2. The van der Waals surface area contributed by atoms with Crippen molar-refractivity contribution in [2.75, 3.05) is 19.5 Å².